The lowest BCUT2D eigenvalue weighted by atomic mass is 9.97. The van der Waals surface area contributed by atoms with Crippen molar-refractivity contribution in [1.29, 1.82) is 0 Å². The van der Waals surface area contributed by atoms with Gasteiger partial charge in [0, 0.05) is 11.6 Å². The first-order valence-corrected chi connectivity index (χ1v) is 7.10. The molecule has 2 aromatic rings. The van der Waals surface area contributed by atoms with Gasteiger partial charge in [-0.25, -0.2) is 0 Å². The Hall–Kier alpha value is -2.62. The summed E-state index contributed by atoms with van der Waals surface area (Å²) in [6.45, 7) is 0. The number of carbonyl (C=O) groups is 2. The highest BCUT2D eigenvalue weighted by atomic mass is 16.5. The van der Waals surface area contributed by atoms with E-state index in [0.717, 1.165) is 16.8 Å². The van der Waals surface area contributed by atoms with Crippen molar-refractivity contribution in [2.75, 3.05) is 7.11 Å². The average Bonchev–Trinajstić information content (AvgIpc) is 3.35. The van der Waals surface area contributed by atoms with E-state index >= 15 is 0 Å². The molecule has 1 aliphatic rings. The number of aliphatic hydroxyl groups excluding tert-OH is 1. The summed E-state index contributed by atoms with van der Waals surface area (Å²) < 4.78 is 4.69. The van der Waals surface area contributed by atoms with Crippen molar-refractivity contribution in [3.8, 4) is 0 Å². The zero-order valence-corrected chi connectivity index (χ0v) is 12.2. The first kappa shape index (κ1) is 14.3. The van der Waals surface area contributed by atoms with Gasteiger partial charge in [-0.15, -0.1) is 0 Å². The molecule has 0 amide bonds. The van der Waals surface area contributed by atoms with Crippen LogP contribution in [-0.2, 0) is 14.3 Å². The SMILES string of the molecule is COC(=O)C1(C(=O)/C=C(\O)c2cccc3ccccc23)CC1. The van der Waals surface area contributed by atoms with E-state index in [1.54, 1.807) is 6.07 Å². The molecule has 0 radical (unpaired) electrons. The standard InChI is InChI=1S/C18H16O4/c1-22-17(21)18(9-10-18)16(20)11-15(19)14-8-4-6-12-5-2-3-7-13(12)14/h2-8,11,19H,9-10H2,1H3/b15-11-. The van der Waals surface area contributed by atoms with Crippen LogP contribution >= 0.6 is 0 Å². The summed E-state index contributed by atoms with van der Waals surface area (Å²) in [5, 5.41) is 12.2. The highest BCUT2D eigenvalue weighted by Crippen LogP contribution is 2.48. The third-order valence-corrected chi connectivity index (χ3v) is 4.13. The maximum atomic E-state index is 12.3. The Balaban J connectivity index is 1.98. The van der Waals surface area contributed by atoms with Crippen LogP contribution in [0.5, 0.6) is 0 Å². The van der Waals surface area contributed by atoms with Crippen LogP contribution in [0.15, 0.2) is 48.5 Å². The van der Waals surface area contributed by atoms with E-state index < -0.39 is 17.2 Å². The molecule has 0 spiro atoms. The third kappa shape index (κ3) is 2.26. The van der Waals surface area contributed by atoms with E-state index in [1.165, 1.54) is 7.11 Å². The van der Waals surface area contributed by atoms with Crippen LogP contribution in [0, 0.1) is 5.41 Å². The number of hydrogen-bond acceptors (Lipinski definition) is 4. The van der Waals surface area contributed by atoms with E-state index in [1.807, 2.05) is 36.4 Å². The van der Waals surface area contributed by atoms with Gasteiger partial charge in [-0.2, -0.15) is 0 Å². The molecule has 0 atom stereocenters. The summed E-state index contributed by atoms with van der Waals surface area (Å²) in [4.78, 5) is 24.0. The molecule has 1 aliphatic carbocycles. The molecule has 0 saturated heterocycles. The Morgan fingerprint density at radius 2 is 1.82 bits per heavy atom. The van der Waals surface area contributed by atoms with Crippen molar-refractivity contribution in [1.82, 2.24) is 0 Å². The van der Waals surface area contributed by atoms with Crippen molar-refractivity contribution >= 4 is 28.3 Å². The lowest BCUT2D eigenvalue weighted by Gasteiger charge is -2.10. The fourth-order valence-electron chi connectivity index (χ4n) is 2.66. The molecule has 1 N–H and O–H groups in total. The van der Waals surface area contributed by atoms with Crippen molar-refractivity contribution < 1.29 is 19.4 Å². The second kappa shape index (κ2) is 5.30. The number of ketones is 1. The molecule has 4 nitrogen and oxygen atoms in total. The largest absolute Gasteiger partial charge is 0.507 e. The van der Waals surface area contributed by atoms with Crippen LogP contribution in [-0.4, -0.2) is 24.0 Å². The van der Waals surface area contributed by atoms with Gasteiger partial charge in [-0.1, -0.05) is 42.5 Å². The van der Waals surface area contributed by atoms with Crippen LogP contribution in [0.3, 0.4) is 0 Å². The van der Waals surface area contributed by atoms with Gasteiger partial charge in [-0.05, 0) is 23.6 Å². The van der Waals surface area contributed by atoms with Gasteiger partial charge in [0.15, 0.2) is 5.78 Å². The average molecular weight is 296 g/mol. The zero-order valence-electron chi connectivity index (χ0n) is 12.2. The molecule has 0 heterocycles. The summed E-state index contributed by atoms with van der Waals surface area (Å²) in [6.07, 6.45) is 2.08. The van der Waals surface area contributed by atoms with Crippen LogP contribution in [0.25, 0.3) is 16.5 Å². The van der Waals surface area contributed by atoms with Gasteiger partial charge < -0.3 is 9.84 Å². The lowest BCUT2D eigenvalue weighted by molar-refractivity contribution is -0.150. The van der Waals surface area contributed by atoms with Crippen molar-refractivity contribution in [2.24, 2.45) is 5.41 Å². The second-order valence-corrected chi connectivity index (χ2v) is 5.49. The van der Waals surface area contributed by atoms with E-state index in [-0.39, 0.29) is 5.76 Å². The van der Waals surface area contributed by atoms with Gasteiger partial charge in [0.05, 0.1) is 7.11 Å². The molecular weight excluding hydrogens is 280 g/mol. The molecule has 0 aliphatic heterocycles. The summed E-state index contributed by atoms with van der Waals surface area (Å²) in [5.74, 6) is -1.05. The van der Waals surface area contributed by atoms with Gasteiger partial charge in [0.25, 0.3) is 0 Å². The minimum absolute atomic E-state index is 0.128. The molecule has 2 aromatic carbocycles. The normalized spacial score (nSPS) is 16.3. The lowest BCUT2D eigenvalue weighted by Crippen LogP contribution is -2.25. The number of methoxy groups -OCH3 is 1. The van der Waals surface area contributed by atoms with E-state index in [0.29, 0.717) is 18.4 Å². The summed E-state index contributed by atoms with van der Waals surface area (Å²) in [6, 6.07) is 13.1. The molecule has 112 valence electrons. The first-order valence-electron chi connectivity index (χ1n) is 7.10. The fraction of sp³-hybridized carbons (Fsp3) is 0.222. The van der Waals surface area contributed by atoms with Crippen LogP contribution in [0.2, 0.25) is 0 Å². The number of aliphatic hydroxyl groups is 1. The summed E-state index contributed by atoms with van der Waals surface area (Å²) in [7, 11) is 1.27. The van der Waals surface area contributed by atoms with E-state index in [4.69, 9.17) is 0 Å². The molecule has 1 fully saturated rings. The van der Waals surface area contributed by atoms with Crippen molar-refractivity contribution in [3.63, 3.8) is 0 Å². The fourth-order valence-corrected chi connectivity index (χ4v) is 2.66. The molecule has 3 rings (SSSR count). The monoisotopic (exact) mass is 296 g/mol. The Labute approximate surface area is 128 Å². The number of fused-ring (bicyclic) bond motifs is 1. The molecular formula is C18H16O4. The minimum Gasteiger partial charge on any atom is -0.507 e. The van der Waals surface area contributed by atoms with Gasteiger partial charge in [-0.3, -0.25) is 9.59 Å². The Morgan fingerprint density at radius 3 is 2.50 bits per heavy atom. The Kier molecular flexibility index (Phi) is 3.45. The Bertz CT molecular complexity index is 779. The van der Waals surface area contributed by atoms with Gasteiger partial charge >= 0.3 is 5.97 Å². The molecule has 4 heteroatoms. The van der Waals surface area contributed by atoms with E-state index in [9.17, 15) is 14.7 Å². The second-order valence-electron chi connectivity index (χ2n) is 5.49. The number of allylic oxidation sites excluding steroid dienone is 1. The van der Waals surface area contributed by atoms with Crippen molar-refractivity contribution in [3.05, 3.63) is 54.1 Å². The summed E-state index contributed by atoms with van der Waals surface area (Å²) in [5.41, 5.74) is -0.514. The zero-order chi connectivity index (χ0) is 15.7. The number of ether oxygens (including phenoxy) is 1. The molecule has 0 aromatic heterocycles. The van der Waals surface area contributed by atoms with Crippen LogP contribution in [0.4, 0.5) is 0 Å². The number of benzene rings is 2. The van der Waals surface area contributed by atoms with Crippen molar-refractivity contribution in [2.45, 2.75) is 12.8 Å². The first-order chi connectivity index (χ1) is 10.6. The smallest absolute Gasteiger partial charge is 0.319 e. The molecule has 22 heavy (non-hydrogen) atoms. The van der Waals surface area contributed by atoms with Crippen LogP contribution < -0.4 is 0 Å². The Morgan fingerprint density at radius 1 is 1.14 bits per heavy atom. The highest BCUT2D eigenvalue weighted by molar-refractivity contribution is 6.14. The summed E-state index contributed by atoms with van der Waals surface area (Å²) >= 11 is 0. The van der Waals surface area contributed by atoms with E-state index in [2.05, 4.69) is 4.74 Å². The van der Waals surface area contributed by atoms with Gasteiger partial charge in [0.2, 0.25) is 0 Å². The minimum atomic E-state index is -1.09. The predicted octanol–water partition coefficient (Wildman–Crippen LogP) is 3.26. The van der Waals surface area contributed by atoms with Gasteiger partial charge in [0.1, 0.15) is 11.2 Å². The number of carbonyl (C=O) groups excluding carboxylic acids is 2. The third-order valence-electron chi connectivity index (χ3n) is 4.13. The maximum absolute atomic E-state index is 12.3. The number of esters is 1. The maximum Gasteiger partial charge on any atom is 0.319 e. The van der Waals surface area contributed by atoms with Crippen LogP contribution in [0.1, 0.15) is 18.4 Å². The molecule has 0 bridgehead atoms. The molecule has 0 unspecified atom stereocenters. The topological polar surface area (TPSA) is 63.6 Å². The number of hydrogen-bond donors (Lipinski definition) is 1. The quantitative estimate of drug-likeness (QED) is 0.407. The number of rotatable bonds is 4. The highest BCUT2D eigenvalue weighted by Gasteiger charge is 2.56. The predicted molar refractivity (Wildman–Crippen MR) is 83.2 cm³/mol. The molecule has 1 saturated carbocycles.